The number of aliphatic imine (C=N–C) groups is 2. The Kier molecular flexibility index (Phi) is 33.2. The first-order valence-electron chi connectivity index (χ1n) is 24.3. The highest BCUT2D eigenvalue weighted by Gasteiger charge is 2.30. The predicted molar refractivity (Wildman–Crippen MR) is 251 cm³/mol. The SMILES string of the molecule is CCCCCCCCCCCCCCn1c[n+](CCCCCCCCCCCCCC)cc1C[C@H](NC(=O)[C@@H](N)CCCN=C(N)N)C(=O)N[C@@H](CCCN=C(N)N)C(N)=O. The van der Waals surface area contributed by atoms with Crippen LogP contribution >= 0.6 is 0 Å². The van der Waals surface area contributed by atoms with E-state index in [4.69, 9.17) is 34.4 Å². The fourth-order valence-electron chi connectivity index (χ4n) is 7.71. The van der Waals surface area contributed by atoms with Crippen molar-refractivity contribution >= 4 is 29.6 Å². The minimum absolute atomic E-state index is 0.0281. The lowest BCUT2D eigenvalue weighted by atomic mass is 10.0. The molecule has 0 aromatic carbocycles. The van der Waals surface area contributed by atoms with E-state index in [1.807, 2.05) is 0 Å². The minimum Gasteiger partial charge on any atom is -0.370 e. The molecule has 0 fully saturated rings. The van der Waals surface area contributed by atoms with Crippen molar-refractivity contribution in [3.05, 3.63) is 18.2 Å². The van der Waals surface area contributed by atoms with E-state index in [1.165, 1.54) is 135 Å². The number of carbonyl (C=O) groups excluding carboxylic acids is 3. The number of carbonyl (C=O) groups is 3. The van der Waals surface area contributed by atoms with Crippen molar-refractivity contribution in [2.45, 2.75) is 231 Å². The van der Waals surface area contributed by atoms with Crippen molar-refractivity contribution in [3.8, 4) is 0 Å². The molecule has 0 spiro atoms. The maximum absolute atomic E-state index is 14.0. The maximum atomic E-state index is 14.0. The molecule has 1 aromatic heterocycles. The number of primary amides is 1. The van der Waals surface area contributed by atoms with Crippen LogP contribution in [-0.4, -0.2) is 65.4 Å². The topological polar surface area (TPSA) is 265 Å². The van der Waals surface area contributed by atoms with Gasteiger partial charge in [0.2, 0.25) is 24.0 Å². The summed E-state index contributed by atoms with van der Waals surface area (Å²) >= 11 is 0. The molecule has 0 unspecified atom stereocenters. The lowest BCUT2D eigenvalue weighted by molar-refractivity contribution is -0.697. The summed E-state index contributed by atoms with van der Waals surface area (Å²) in [6.07, 6.45) is 36.6. The summed E-state index contributed by atoms with van der Waals surface area (Å²) in [5, 5.41) is 5.68. The molecule has 1 heterocycles. The van der Waals surface area contributed by atoms with E-state index >= 15 is 0 Å². The summed E-state index contributed by atoms with van der Waals surface area (Å²) in [5.41, 5.74) is 34.7. The second kappa shape index (κ2) is 36.7. The Bertz CT molecular complexity index is 1340. The third kappa shape index (κ3) is 29.9. The Morgan fingerprint density at radius 2 is 1.00 bits per heavy atom. The largest absolute Gasteiger partial charge is 0.370 e. The fraction of sp³-hybridized carbons (Fsp3) is 0.826. The summed E-state index contributed by atoms with van der Waals surface area (Å²) in [6.45, 7) is 6.81. The quantitative estimate of drug-likeness (QED) is 0.0177. The lowest BCUT2D eigenvalue weighted by Crippen LogP contribution is -2.56. The Morgan fingerprint density at radius 1 is 0.574 bits per heavy atom. The molecule has 0 bridgehead atoms. The van der Waals surface area contributed by atoms with Gasteiger partial charge >= 0.3 is 0 Å². The number of hydrogen-bond acceptors (Lipinski definition) is 6. The second-order valence-electron chi connectivity index (χ2n) is 17.2. The van der Waals surface area contributed by atoms with Gasteiger partial charge in [-0.15, -0.1) is 0 Å². The Hall–Kier alpha value is -3.88. The van der Waals surface area contributed by atoms with Gasteiger partial charge in [-0.2, -0.15) is 0 Å². The zero-order valence-electron chi connectivity index (χ0n) is 38.7. The third-order valence-corrected chi connectivity index (χ3v) is 11.4. The molecule has 0 aliphatic heterocycles. The van der Waals surface area contributed by atoms with Gasteiger partial charge in [0.1, 0.15) is 24.0 Å². The van der Waals surface area contributed by atoms with Crippen molar-refractivity contribution in [3.63, 3.8) is 0 Å². The van der Waals surface area contributed by atoms with Gasteiger partial charge in [-0.25, -0.2) is 9.13 Å². The summed E-state index contributed by atoms with van der Waals surface area (Å²) in [6, 6.07) is -2.87. The zero-order valence-corrected chi connectivity index (χ0v) is 38.7. The molecule has 0 radical (unpaired) electrons. The van der Waals surface area contributed by atoms with Gasteiger partial charge in [-0.3, -0.25) is 24.4 Å². The molecule has 1 rings (SSSR count). The van der Waals surface area contributed by atoms with E-state index in [0.717, 1.165) is 38.0 Å². The average molecular weight is 860 g/mol. The molecular formula is C46H91N12O3+. The highest BCUT2D eigenvalue weighted by molar-refractivity contribution is 5.92. The number of guanidine groups is 2. The summed E-state index contributed by atoms with van der Waals surface area (Å²) in [5.74, 6) is -1.76. The molecule has 61 heavy (non-hydrogen) atoms. The summed E-state index contributed by atoms with van der Waals surface area (Å²) < 4.78 is 4.44. The van der Waals surface area contributed by atoms with Crippen LogP contribution in [0.25, 0.3) is 0 Å². The van der Waals surface area contributed by atoms with Crippen molar-refractivity contribution in [2.75, 3.05) is 13.1 Å². The van der Waals surface area contributed by atoms with E-state index in [2.05, 4.69) is 56.1 Å². The molecule has 0 saturated heterocycles. The van der Waals surface area contributed by atoms with Crippen LogP contribution in [0.4, 0.5) is 0 Å². The molecule has 1 aromatic rings. The number of aryl methyl sites for hydroxylation is 2. The van der Waals surface area contributed by atoms with Crippen molar-refractivity contribution in [2.24, 2.45) is 44.4 Å². The third-order valence-electron chi connectivity index (χ3n) is 11.4. The molecule has 3 amide bonds. The Labute approximate surface area is 369 Å². The van der Waals surface area contributed by atoms with Gasteiger partial charge in [-0.1, -0.05) is 142 Å². The molecule has 14 N–H and O–H groups in total. The van der Waals surface area contributed by atoms with Crippen LogP contribution in [0.15, 0.2) is 22.5 Å². The normalized spacial score (nSPS) is 12.7. The van der Waals surface area contributed by atoms with E-state index < -0.39 is 35.8 Å². The Morgan fingerprint density at radius 3 is 1.46 bits per heavy atom. The van der Waals surface area contributed by atoms with E-state index in [-0.39, 0.29) is 31.3 Å². The molecule has 15 heteroatoms. The lowest BCUT2D eigenvalue weighted by Gasteiger charge is -2.23. The van der Waals surface area contributed by atoms with Crippen molar-refractivity contribution < 1.29 is 19.0 Å². The van der Waals surface area contributed by atoms with Gasteiger partial charge in [0, 0.05) is 19.5 Å². The first kappa shape index (κ1) is 55.1. The smallest absolute Gasteiger partial charge is 0.243 e. The van der Waals surface area contributed by atoms with Crippen LogP contribution in [0.5, 0.6) is 0 Å². The number of unbranched alkanes of at least 4 members (excludes halogenated alkanes) is 22. The van der Waals surface area contributed by atoms with Gasteiger partial charge in [0.15, 0.2) is 11.9 Å². The number of rotatable bonds is 41. The van der Waals surface area contributed by atoms with E-state index in [1.54, 1.807) is 0 Å². The molecule has 352 valence electrons. The van der Waals surface area contributed by atoms with Crippen LogP contribution < -0.4 is 49.6 Å². The first-order valence-corrected chi connectivity index (χ1v) is 24.3. The molecule has 0 saturated carbocycles. The molecular weight excluding hydrogens is 769 g/mol. The number of nitrogens with two attached hydrogens (primary N) is 6. The van der Waals surface area contributed by atoms with Crippen LogP contribution in [0.3, 0.4) is 0 Å². The van der Waals surface area contributed by atoms with Gasteiger partial charge in [0.05, 0.1) is 19.1 Å². The van der Waals surface area contributed by atoms with E-state index in [0.29, 0.717) is 25.8 Å². The summed E-state index contributed by atoms with van der Waals surface area (Å²) in [7, 11) is 0. The molecule has 0 aliphatic rings. The van der Waals surface area contributed by atoms with Gasteiger partial charge < -0.3 is 45.0 Å². The first-order chi connectivity index (χ1) is 29.5. The number of amides is 3. The second-order valence-corrected chi connectivity index (χ2v) is 17.2. The number of nitrogens with one attached hydrogen (secondary N) is 2. The fourth-order valence-corrected chi connectivity index (χ4v) is 7.71. The minimum atomic E-state index is -1.01. The number of hydrogen-bond donors (Lipinski definition) is 8. The van der Waals surface area contributed by atoms with E-state index in [9.17, 15) is 14.4 Å². The van der Waals surface area contributed by atoms with Crippen molar-refractivity contribution in [1.29, 1.82) is 0 Å². The maximum Gasteiger partial charge on any atom is 0.243 e. The average Bonchev–Trinajstić information content (AvgIpc) is 3.61. The number of aromatic nitrogens is 2. The van der Waals surface area contributed by atoms with Crippen LogP contribution in [0.1, 0.15) is 199 Å². The number of imidazole rings is 1. The standard InChI is InChI=1S/C46H90N12O3/c1-3-5-7-9-11-13-15-17-19-21-23-25-33-57-36-38(58(37-57)34-26-24-22-20-18-16-14-12-10-8-6-4-2)35-41(56-43(60)39(47)29-27-31-53-45(49)50)44(61)55-40(42(48)59)30-28-32-54-46(51)52/h36-37,39-41H,3-35,47H2,1-2H3,(H11-,48,49,50,51,52,53,54,55,56,59,60,61)/p+1/t39-,40-,41-/m0/s1. The van der Waals surface area contributed by atoms with Crippen molar-refractivity contribution in [1.82, 2.24) is 15.2 Å². The van der Waals surface area contributed by atoms with Gasteiger partial charge in [0.25, 0.3) is 0 Å². The Balaban J connectivity index is 3.05. The molecule has 3 atom stereocenters. The van der Waals surface area contributed by atoms with Crippen LogP contribution in [-0.2, 0) is 33.9 Å². The zero-order chi connectivity index (χ0) is 44.9. The number of nitrogens with zero attached hydrogens (tertiary/aromatic N) is 4. The highest BCUT2D eigenvalue weighted by atomic mass is 16.2. The monoisotopic (exact) mass is 860 g/mol. The summed E-state index contributed by atoms with van der Waals surface area (Å²) in [4.78, 5) is 47.8. The highest BCUT2D eigenvalue weighted by Crippen LogP contribution is 2.15. The molecule has 15 nitrogen and oxygen atoms in total. The molecule has 0 aliphatic carbocycles. The predicted octanol–water partition coefficient (Wildman–Crippen LogP) is 5.61. The van der Waals surface area contributed by atoms with Crippen LogP contribution in [0.2, 0.25) is 0 Å². The van der Waals surface area contributed by atoms with Gasteiger partial charge in [-0.05, 0) is 51.4 Å². The van der Waals surface area contributed by atoms with Crippen LogP contribution in [0, 0.1) is 0 Å².